The van der Waals surface area contributed by atoms with Crippen LogP contribution in [0.3, 0.4) is 0 Å². The molecule has 0 saturated heterocycles. The van der Waals surface area contributed by atoms with Crippen molar-refractivity contribution in [3.8, 4) is 11.3 Å². The number of aryl methyl sites for hydroxylation is 1. The van der Waals surface area contributed by atoms with Crippen molar-refractivity contribution in [2.75, 3.05) is 0 Å². The summed E-state index contributed by atoms with van der Waals surface area (Å²) in [6.07, 6.45) is 1.88. The molecule has 0 unspecified atom stereocenters. The van der Waals surface area contributed by atoms with Crippen LogP contribution < -0.4 is 0 Å². The predicted octanol–water partition coefficient (Wildman–Crippen LogP) is 3.07. The van der Waals surface area contributed by atoms with Crippen molar-refractivity contribution in [1.29, 1.82) is 0 Å². The zero-order chi connectivity index (χ0) is 12.7. The van der Waals surface area contributed by atoms with E-state index in [0.717, 1.165) is 17.0 Å². The quantitative estimate of drug-likeness (QED) is 0.768. The number of nitrogens with zero attached hydrogens (tertiary/aromatic N) is 2. The van der Waals surface area contributed by atoms with E-state index in [4.69, 9.17) is 5.11 Å². The molecule has 1 aromatic carbocycles. The molecular weight excluding hydrogens is 248 g/mol. The van der Waals surface area contributed by atoms with Crippen molar-refractivity contribution >= 4 is 22.3 Å². The number of imidazole rings is 1. The highest BCUT2D eigenvalue weighted by Crippen LogP contribution is 2.26. The maximum Gasteiger partial charge on any atom is 0.347 e. The van der Waals surface area contributed by atoms with Crippen LogP contribution in [0.2, 0.25) is 0 Å². The molecule has 0 fully saturated rings. The number of fused-ring (bicyclic) bond motifs is 1. The van der Waals surface area contributed by atoms with Crippen molar-refractivity contribution in [1.82, 2.24) is 9.38 Å². The van der Waals surface area contributed by atoms with Gasteiger partial charge in [-0.3, -0.25) is 4.40 Å². The Morgan fingerprint density at radius 3 is 2.67 bits per heavy atom. The molecule has 0 bridgehead atoms. The van der Waals surface area contributed by atoms with Crippen molar-refractivity contribution in [2.24, 2.45) is 0 Å². The Morgan fingerprint density at radius 2 is 2.06 bits per heavy atom. The average Bonchev–Trinajstić information content (AvgIpc) is 2.91. The lowest BCUT2D eigenvalue weighted by Gasteiger charge is -1.94. The van der Waals surface area contributed by atoms with E-state index in [1.54, 1.807) is 6.92 Å². The molecule has 0 spiro atoms. The SMILES string of the molecule is Cc1c(C(=O)O)sc2nc(-c3ccccc3)cn12. The van der Waals surface area contributed by atoms with Gasteiger partial charge in [-0.25, -0.2) is 9.78 Å². The molecule has 3 rings (SSSR count). The van der Waals surface area contributed by atoms with Crippen LogP contribution in [0, 0.1) is 6.92 Å². The lowest BCUT2D eigenvalue weighted by atomic mass is 10.2. The van der Waals surface area contributed by atoms with Gasteiger partial charge in [0, 0.05) is 17.5 Å². The van der Waals surface area contributed by atoms with Crippen LogP contribution in [0.4, 0.5) is 0 Å². The van der Waals surface area contributed by atoms with E-state index in [9.17, 15) is 4.79 Å². The van der Waals surface area contributed by atoms with Gasteiger partial charge in [-0.05, 0) is 6.92 Å². The Balaban J connectivity index is 2.17. The summed E-state index contributed by atoms with van der Waals surface area (Å²) in [5.74, 6) is -0.899. The topological polar surface area (TPSA) is 54.6 Å². The third kappa shape index (κ3) is 1.60. The monoisotopic (exact) mass is 258 g/mol. The van der Waals surface area contributed by atoms with Crippen molar-refractivity contribution in [3.05, 3.63) is 47.1 Å². The molecule has 3 aromatic rings. The van der Waals surface area contributed by atoms with E-state index in [0.29, 0.717) is 9.84 Å². The third-order valence-electron chi connectivity index (χ3n) is 2.82. The maximum atomic E-state index is 11.0. The van der Waals surface area contributed by atoms with Gasteiger partial charge in [0.25, 0.3) is 0 Å². The fraction of sp³-hybridized carbons (Fsp3) is 0.0769. The summed E-state index contributed by atoms with van der Waals surface area (Å²) in [5.41, 5.74) is 2.61. The number of carboxylic acids is 1. The van der Waals surface area contributed by atoms with Crippen molar-refractivity contribution in [3.63, 3.8) is 0 Å². The number of carboxylic acid groups (broad SMARTS) is 1. The zero-order valence-corrected chi connectivity index (χ0v) is 10.4. The molecule has 0 aliphatic heterocycles. The Kier molecular flexibility index (Phi) is 2.41. The third-order valence-corrected chi connectivity index (χ3v) is 3.97. The van der Waals surface area contributed by atoms with E-state index in [-0.39, 0.29) is 0 Å². The highest BCUT2D eigenvalue weighted by molar-refractivity contribution is 7.19. The summed E-state index contributed by atoms with van der Waals surface area (Å²) in [4.78, 5) is 16.5. The molecular formula is C13H10N2O2S. The van der Waals surface area contributed by atoms with E-state index in [1.165, 1.54) is 11.3 Å². The van der Waals surface area contributed by atoms with E-state index in [1.807, 2.05) is 40.9 Å². The van der Waals surface area contributed by atoms with Crippen LogP contribution in [0.15, 0.2) is 36.5 Å². The van der Waals surface area contributed by atoms with Crippen LogP contribution in [-0.4, -0.2) is 20.5 Å². The van der Waals surface area contributed by atoms with Crippen molar-refractivity contribution in [2.45, 2.75) is 6.92 Å². The fourth-order valence-corrected chi connectivity index (χ4v) is 2.84. The van der Waals surface area contributed by atoms with Gasteiger partial charge in [-0.1, -0.05) is 41.7 Å². The van der Waals surface area contributed by atoms with Gasteiger partial charge in [0.1, 0.15) is 4.88 Å². The molecule has 0 saturated carbocycles. The number of benzene rings is 1. The standard InChI is InChI=1S/C13H10N2O2S/c1-8-11(12(16)17)18-13-14-10(7-15(8)13)9-5-3-2-4-6-9/h2-7H,1H3,(H,16,17). The first kappa shape index (κ1) is 11.0. The first-order chi connectivity index (χ1) is 8.66. The predicted molar refractivity (Wildman–Crippen MR) is 70.2 cm³/mol. The molecule has 0 radical (unpaired) electrons. The normalized spacial score (nSPS) is 10.9. The van der Waals surface area contributed by atoms with Crippen LogP contribution in [0.5, 0.6) is 0 Å². The molecule has 0 aliphatic carbocycles. The molecule has 0 aliphatic rings. The second-order valence-electron chi connectivity index (χ2n) is 3.97. The van der Waals surface area contributed by atoms with Crippen LogP contribution in [0.25, 0.3) is 16.2 Å². The highest BCUT2D eigenvalue weighted by atomic mass is 32.1. The summed E-state index contributed by atoms with van der Waals surface area (Å²) in [6, 6.07) is 9.84. The summed E-state index contributed by atoms with van der Waals surface area (Å²) in [7, 11) is 0. The molecule has 5 heteroatoms. The van der Waals surface area contributed by atoms with E-state index < -0.39 is 5.97 Å². The minimum Gasteiger partial charge on any atom is -0.477 e. The molecule has 18 heavy (non-hydrogen) atoms. The minimum absolute atomic E-state index is 0.345. The van der Waals surface area contributed by atoms with Gasteiger partial charge in [-0.2, -0.15) is 0 Å². The fourth-order valence-electron chi connectivity index (χ4n) is 1.90. The Morgan fingerprint density at radius 1 is 1.33 bits per heavy atom. The lowest BCUT2D eigenvalue weighted by molar-refractivity contribution is 0.0701. The van der Waals surface area contributed by atoms with Crippen LogP contribution in [-0.2, 0) is 0 Å². The first-order valence-electron chi connectivity index (χ1n) is 5.44. The number of hydrogen-bond donors (Lipinski definition) is 1. The van der Waals surface area contributed by atoms with Gasteiger partial charge in [0.15, 0.2) is 4.96 Å². The largest absolute Gasteiger partial charge is 0.477 e. The Labute approximate surface area is 107 Å². The van der Waals surface area contributed by atoms with Crippen molar-refractivity contribution < 1.29 is 9.90 Å². The van der Waals surface area contributed by atoms with Crippen LogP contribution in [0.1, 0.15) is 15.4 Å². The number of hydrogen-bond acceptors (Lipinski definition) is 3. The molecule has 0 amide bonds. The van der Waals surface area contributed by atoms with E-state index >= 15 is 0 Å². The minimum atomic E-state index is -0.899. The average molecular weight is 258 g/mol. The summed E-state index contributed by atoms with van der Waals surface area (Å²) in [6.45, 7) is 1.80. The van der Waals surface area contributed by atoms with Crippen LogP contribution >= 0.6 is 11.3 Å². The van der Waals surface area contributed by atoms with Gasteiger partial charge >= 0.3 is 5.97 Å². The van der Waals surface area contributed by atoms with Gasteiger partial charge in [0.2, 0.25) is 0 Å². The second-order valence-corrected chi connectivity index (χ2v) is 4.94. The molecule has 0 atom stereocenters. The molecule has 4 nitrogen and oxygen atoms in total. The number of aromatic carboxylic acids is 1. The molecule has 90 valence electrons. The summed E-state index contributed by atoms with van der Waals surface area (Å²) >= 11 is 1.20. The number of thiazole rings is 1. The van der Waals surface area contributed by atoms with Gasteiger partial charge in [-0.15, -0.1) is 0 Å². The Hall–Kier alpha value is -2.14. The maximum absolute atomic E-state index is 11.0. The highest BCUT2D eigenvalue weighted by Gasteiger charge is 2.16. The first-order valence-corrected chi connectivity index (χ1v) is 6.25. The summed E-state index contributed by atoms with van der Waals surface area (Å²) in [5, 5.41) is 9.04. The number of rotatable bonds is 2. The number of carbonyl (C=O) groups is 1. The Bertz CT molecular complexity index is 728. The molecule has 2 aromatic heterocycles. The number of aromatic nitrogens is 2. The van der Waals surface area contributed by atoms with Gasteiger partial charge < -0.3 is 5.11 Å². The van der Waals surface area contributed by atoms with E-state index in [2.05, 4.69) is 4.98 Å². The molecule has 2 heterocycles. The molecule has 1 N–H and O–H groups in total. The lowest BCUT2D eigenvalue weighted by Crippen LogP contribution is -1.96. The smallest absolute Gasteiger partial charge is 0.347 e. The second kappa shape index (κ2) is 3.96. The van der Waals surface area contributed by atoms with Gasteiger partial charge in [0.05, 0.1) is 5.69 Å². The zero-order valence-electron chi connectivity index (χ0n) is 9.62. The summed E-state index contributed by atoms with van der Waals surface area (Å²) < 4.78 is 1.83.